The predicted molar refractivity (Wildman–Crippen MR) is 60.2 cm³/mol. The molecule has 96 valence electrons. The Bertz CT molecular complexity index is 244. The molecule has 0 spiro atoms. The highest BCUT2D eigenvalue weighted by molar-refractivity contribution is 7.51. The summed E-state index contributed by atoms with van der Waals surface area (Å²) in [7, 11) is -3.25. The van der Waals surface area contributed by atoms with Gasteiger partial charge in [-0.05, 0) is 13.8 Å². The van der Waals surface area contributed by atoms with Crippen molar-refractivity contribution < 1.29 is 28.6 Å². The molecular formula is C9H19O6P. The van der Waals surface area contributed by atoms with Crippen molar-refractivity contribution in [1.82, 2.24) is 0 Å². The number of hydrogen-bond donors (Lipinski definition) is 2. The molecule has 2 N–H and O–H groups in total. The van der Waals surface area contributed by atoms with Gasteiger partial charge in [0.15, 0.2) is 0 Å². The first kappa shape index (κ1) is 17.7. The first-order chi connectivity index (χ1) is 7.24. The lowest BCUT2D eigenvalue weighted by atomic mass is 10.4. The van der Waals surface area contributed by atoms with E-state index in [-0.39, 0.29) is 6.61 Å². The van der Waals surface area contributed by atoms with E-state index in [1.54, 1.807) is 6.92 Å². The summed E-state index contributed by atoms with van der Waals surface area (Å²) in [6.07, 6.45) is 0.432. The van der Waals surface area contributed by atoms with Gasteiger partial charge in [-0.25, -0.2) is 4.79 Å². The van der Waals surface area contributed by atoms with Gasteiger partial charge in [0.05, 0.1) is 13.2 Å². The van der Waals surface area contributed by atoms with Gasteiger partial charge in [0, 0.05) is 6.66 Å². The third-order valence-electron chi connectivity index (χ3n) is 1.06. The van der Waals surface area contributed by atoms with Crippen LogP contribution in [0.25, 0.3) is 0 Å². The highest BCUT2D eigenvalue weighted by atomic mass is 31.2. The highest BCUT2D eigenvalue weighted by Gasteiger charge is 2.07. The summed E-state index contributed by atoms with van der Waals surface area (Å²) in [5.74, 6) is -0.562. The fraction of sp³-hybridized carbons (Fsp3) is 0.667. The molecule has 0 aliphatic carbocycles. The molecule has 2 unspecified atom stereocenters. The zero-order valence-corrected chi connectivity index (χ0v) is 10.6. The number of aliphatic hydroxyl groups excluding tert-OH is 1. The van der Waals surface area contributed by atoms with Gasteiger partial charge < -0.3 is 19.3 Å². The molecule has 0 heterocycles. The zero-order chi connectivity index (χ0) is 13.2. The fourth-order valence-corrected chi connectivity index (χ4v) is 0.836. The van der Waals surface area contributed by atoms with Crippen molar-refractivity contribution >= 4 is 13.6 Å². The average Bonchev–Trinajstić information content (AvgIpc) is 2.15. The molecule has 0 bridgehead atoms. The Morgan fingerprint density at radius 1 is 1.62 bits per heavy atom. The van der Waals surface area contributed by atoms with Gasteiger partial charge in [-0.1, -0.05) is 6.08 Å². The van der Waals surface area contributed by atoms with E-state index in [1.165, 1.54) is 13.0 Å². The molecule has 0 aromatic heterocycles. The first-order valence-corrected chi connectivity index (χ1v) is 6.67. The largest absolute Gasteiger partial charge is 0.464 e. The van der Waals surface area contributed by atoms with E-state index in [1.807, 2.05) is 0 Å². The maximum atomic E-state index is 10.3. The van der Waals surface area contributed by atoms with Crippen molar-refractivity contribution in [3.63, 3.8) is 0 Å². The summed E-state index contributed by atoms with van der Waals surface area (Å²) in [5.41, 5.74) is 0. The van der Waals surface area contributed by atoms with E-state index >= 15 is 0 Å². The molecule has 0 aliphatic heterocycles. The van der Waals surface area contributed by atoms with Gasteiger partial charge >= 0.3 is 13.6 Å². The Morgan fingerprint density at radius 3 is 2.25 bits per heavy atom. The molecular weight excluding hydrogens is 235 g/mol. The summed E-state index contributed by atoms with van der Waals surface area (Å²) >= 11 is 0. The van der Waals surface area contributed by atoms with Crippen LogP contribution in [0.15, 0.2) is 12.7 Å². The molecule has 0 radical (unpaired) electrons. The van der Waals surface area contributed by atoms with E-state index < -0.39 is 19.7 Å². The predicted octanol–water partition coefficient (Wildman–Crippen LogP) is 0.934. The van der Waals surface area contributed by atoms with Crippen LogP contribution in [0.5, 0.6) is 0 Å². The summed E-state index contributed by atoms with van der Waals surface area (Å²) in [6.45, 7) is 7.96. The van der Waals surface area contributed by atoms with Crippen molar-refractivity contribution in [2.75, 3.05) is 19.9 Å². The molecule has 0 saturated carbocycles. The van der Waals surface area contributed by atoms with Gasteiger partial charge in [0.1, 0.15) is 6.10 Å². The van der Waals surface area contributed by atoms with Crippen LogP contribution < -0.4 is 0 Å². The topological polar surface area (TPSA) is 93.1 Å². The molecule has 0 amide bonds. The number of aliphatic hydroxyl groups is 1. The maximum Gasteiger partial charge on any atom is 0.334 e. The maximum absolute atomic E-state index is 10.3. The number of rotatable bonds is 5. The monoisotopic (exact) mass is 254 g/mol. The fourth-order valence-electron chi connectivity index (χ4n) is 0.454. The van der Waals surface area contributed by atoms with Gasteiger partial charge in [0.25, 0.3) is 0 Å². The minimum absolute atomic E-state index is 0.129. The summed E-state index contributed by atoms with van der Waals surface area (Å²) in [4.78, 5) is 18.7. The molecule has 6 nitrogen and oxygen atoms in total. The van der Waals surface area contributed by atoms with Crippen LogP contribution in [-0.2, 0) is 18.6 Å². The van der Waals surface area contributed by atoms with Crippen LogP contribution in [0.1, 0.15) is 13.8 Å². The minimum atomic E-state index is -3.25. The molecule has 7 heteroatoms. The number of carbonyl (C=O) groups is 1. The van der Waals surface area contributed by atoms with E-state index in [0.29, 0.717) is 6.61 Å². The number of carbonyl (C=O) groups excluding carboxylic acids is 1. The van der Waals surface area contributed by atoms with Gasteiger partial charge in [-0.15, -0.1) is 6.58 Å². The lowest BCUT2D eigenvalue weighted by Gasteiger charge is -2.01. The Morgan fingerprint density at radius 2 is 2.12 bits per heavy atom. The minimum Gasteiger partial charge on any atom is -0.464 e. The second-order valence-corrected chi connectivity index (χ2v) is 4.68. The van der Waals surface area contributed by atoms with E-state index in [4.69, 9.17) is 10.00 Å². The van der Waals surface area contributed by atoms with E-state index in [9.17, 15) is 9.36 Å². The quantitative estimate of drug-likeness (QED) is 0.431. The SMILES string of the molecule is C=CCOP(C)(=O)O.CCOC(=O)C(C)O. The normalized spacial score (nSPS) is 15.1. The van der Waals surface area contributed by atoms with Gasteiger partial charge in [0.2, 0.25) is 0 Å². The van der Waals surface area contributed by atoms with Gasteiger partial charge in [-0.2, -0.15) is 0 Å². The van der Waals surface area contributed by atoms with Crippen LogP contribution in [0.2, 0.25) is 0 Å². The Kier molecular flexibility index (Phi) is 10.6. The second-order valence-electron chi connectivity index (χ2n) is 2.82. The third-order valence-corrected chi connectivity index (χ3v) is 1.69. The summed E-state index contributed by atoms with van der Waals surface area (Å²) in [6, 6.07) is 0. The molecule has 0 aliphatic rings. The Labute approximate surface area is 95.4 Å². The molecule has 2 atom stereocenters. The van der Waals surface area contributed by atoms with Crippen LogP contribution in [0.3, 0.4) is 0 Å². The van der Waals surface area contributed by atoms with E-state index in [2.05, 4.69) is 15.8 Å². The molecule has 0 saturated heterocycles. The van der Waals surface area contributed by atoms with Crippen LogP contribution in [-0.4, -0.2) is 42.0 Å². The summed E-state index contributed by atoms with van der Waals surface area (Å²) < 4.78 is 19.0. The van der Waals surface area contributed by atoms with Crippen LogP contribution >= 0.6 is 7.60 Å². The lowest BCUT2D eigenvalue weighted by Crippen LogP contribution is -2.18. The Balaban J connectivity index is 0. The molecule has 0 fully saturated rings. The van der Waals surface area contributed by atoms with Crippen LogP contribution in [0.4, 0.5) is 0 Å². The van der Waals surface area contributed by atoms with Gasteiger partial charge in [-0.3, -0.25) is 4.57 Å². The van der Waals surface area contributed by atoms with Crippen molar-refractivity contribution in [2.24, 2.45) is 0 Å². The molecule has 0 aromatic carbocycles. The smallest absolute Gasteiger partial charge is 0.334 e. The highest BCUT2D eigenvalue weighted by Crippen LogP contribution is 2.35. The molecule has 16 heavy (non-hydrogen) atoms. The molecule has 0 rings (SSSR count). The Hall–Kier alpha value is -0.680. The number of ether oxygens (including phenoxy) is 1. The first-order valence-electron chi connectivity index (χ1n) is 4.65. The summed E-state index contributed by atoms with van der Waals surface area (Å²) in [5, 5.41) is 8.48. The standard InChI is InChI=1S/C5H10O3.C4H9O3P/c1-3-8-5(7)4(2)6;1-3-4-7-8(2,5)6/h4,6H,3H2,1-2H3;3H,1,4H2,2H3,(H,5,6). The van der Waals surface area contributed by atoms with Crippen LogP contribution in [0, 0.1) is 0 Å². The number of esters is 1. The third kappa shape index (κ3) is 15.8. The van der Waals surface area contributed by atoms with E-state index in [0.717, 1.165) is 6.66 Å². The van der Waals surface area contributed by atoms with Crippen molar-refractivity contribution in [3.8, 4) is 0 Å². The lowest BCUT2D eigenvalue weighted by molar-refractivity contribution is -0.151. The van der Waals surface area contributed by atoms with Crippen molar-refractivity contribution in [3.05, 3.63) is 12.7 Å². The second kappa shape index (κ2) is 9.54. The van der Waals surface area contributed by atoms with Crippen molar-refractivity contribution in [1.29, 1.82) is 0 Å². The average molecular weight is 254 g/mol. The zero-order valence-electron chi connectivity index (χ0n) is 9.75. The molecule has 0 aromatic rings. The van der Waals surface area contributed by atoms with Crippen molar-refractivity contribution in [2.45, 2.75) is 20.0 Å². The number of hydrogen-bond acceptors (Lipinski definition) is 5.